The van der Waals surface area contributed by atoms with E-state index in [1.165, 1.54) is 0 Å². The normalized spacial score (nSPS) is 12.2. The van der Waals surface area contributed by atoms with Gasteiger partial charge in [0.2, 0.25) is 0 Å². The fourth-order valence-corrected chi connectivity index (χ4v) is 2.25. The minimum absolute atomic E-state index is 0.0696. The summed E-state index contributed by atoms with van der Waals surface area (Å²) in [5, 5.41) is 11.6. The predicted octanol–water partition coefficient (Wildman–Crippen LogP) is 2.65. The SMILES string of the molecule is Cc1cc(Br)cc(C(=O)NC(C)CCCO)c1. The summed E-state index contributed by atoms with van der Waals surface area (Å²) < 4.78 is 0.908. The third-order valence-corrected chi connectivity index (χ3v) is 2.93. The van der Waals surface area contributed by atoms with Crippen LogP contribution in [0, 0.1) is 6.92 Å². The Morgan fingerprint density at radius 3 is 2.76 bits per heavy atom. The summed E-state index contributed by atoms with van der Waals surface area (Å²) in [6.07, 6.45) is 1.49. The fourth-order valence-electron chi connectivity index (χ4n) is 1.64. The third-order valence-electron chi connectivity index (χ3n) is 2.48. The van der Waals surface area contributed by atoms with E-state index in [4.69, 9.17) is 5.11 Å². The Bertz CT molecular complexity index is 373. The molecule has 0 radical (unpaired) electrons. The number of aryl methyl sites for hydroxylation is 1. The number of halogens is 1. The maximum atomic E-state index is 11.9. The van der Waals surface area contributed by atoms with Gasteiger partial charge in [-0.3, -0.25) is 4.79 Å². The number of aliphatic hydroxyl groups is 1. The van der Waals surface area contributed by atoms with Crippen LogP contribution in [0.4, 0.5) is 0 Å². The number of rotatable bonds is 5. The Morgan fingerprint density at radius 1 is 1.47 bits per heavy atom. The third kappa shape index (κ3) is 4.88. The Hall–Kier alpha value is -0.870. The first-order valence-electron chi connectivity index (χ1n) is 5.72. The Balaban J connectivity index is 2.63. The monoisotopic (exact) mass is 299 g/mol. The summed E-state index contributed by atoms with van der Waals surface area (Å²) in [5.74, 6) is -0.0696. The zero-order valence-corrected chi connectivity index (χ0v) is 11.8. The Kier molecular flexibility index (Phi) is 5.65. The summed E-state index contributed by atoms with van der Waals surface area (Å²) in [4.78, 5) is 11.9. The minimum Gasteiger partial charge on any atom is -0.396 e. The van der Waals surface area contributed by atoms with Crippen LogP contribution >= 0.6 is 15.9 Å². The highest BCUT2D eigenvalue weighted by Gasteiger charge is 2.10. The van der Waals surface area contributed by atoms with Crippen molar-refractivity contribution < 1.29 is 9.90 Å². The molecule has 0 bridgehead atoms. The van der Waals surface area contributed by atoms with Crippen molar-refractivity contribution in [1.82, 2.24) is 5.32 Å². The van der Waals surface area contributed by atoms with Crippen LogP contribution in [0.5, 0.6) is 0 Å². The van der Waals surface area contributed by atoms with Gasteiger partial charge < -0.3 is 10.4 Å². The van der Waals surface area contributed by atoms with Crippen molar-refractivity contribution >= 4 is 21.8 Å². The molecule has 2 N–H and O–H groups in total. The number of amides is 1. The van der Waals surface area contributed by atoms with Crippen LogP contribution in [-0.2, 0) is 0 Å². The van der Waals surface area contributed by atoms with Gasteiger partial charge >= 0.3 is 0 Å². The van der Waals surface area contributed by atoms with E-state index >= 15 is 0 Å². The van der Waals surface area contributed by atoms with E-state index in [0.717, 1.165) is 16.5 Å². The van der Waals surface area contributed by atoms with Crippen molar-refractivity contribution in [3.63, 3.8) is 0 Å². The molecule has 17 heavy (non-hydrogen) atoms. The van der Waals surface area contributed by atoms with Gasteiger partial charge in [-0.15, -0.1) is 0 Å². The highest BCUT2D eigenvalue weighted by molar-refractivity contribution is 9.10. The number of hydrogen-bond donors (Lipinski definition) is 2. The van der Waals surface area contributed by atoms with Gasteiger partial charge in [-0.05, 0) is 50.5 Å². The summed E-state index contributed by atoms with van der Waals surface area (Å²) in [6.45, 7) is 4.06. The Morgan fingerprint density at radius 2 is 2.18 bits per heavy atom. The molecule has 3 nitrogen and oxygen atoms in total. The van der Waals surface area contributed by atoms with Crippen molar-refractivity contribution in [2.75, 3.05) is 6.61 Å². The van der Waals surface area contributed by atoms with Crippen LogP contribution in [0.3, 0.4) is 0 Å². The van der Waals surface area contributed by atoms with E-state index in [9.17, 15) is 4.79 Å². The topological polar surface area (TPSA) is 49.3 Å². The number of carbonyl (C=O) groups is 1. The van der Waals surface area contributed by atoms with Gasteiger partial charge in [-0.2, -0.15) is 0 Å². The van der Waals surface area contributed by atoms with Crippen molar-refractivity contribution in [3.05, 3.63) is 33.8 Å². The van der Waals surface area contributed by atoms with Crippen LogP contribution in [0.25, 0.3) is 0 Å². The van der Waals surface area contributed by atoms with Crippen molar-refractivity contribution in [2.24, 2.45) is 0 Å². The summed E-state index contributed by atoms with van der Waals surface area (Å²) in [5.41, 5.74) is 1.71. The van der Waals surface area contributed by atoms with Crippen LogP contribution in [0.1, 0.15) is 35.7 Å². The standard InChI is InChI=1S/C13H18BrNO2/c1-9-6-11(8-12(14)7-9)13(17)15-10(2)4-3-5-16/h6-8,10,16H,3-5H2,1-2H3,(H,15,17). The predicted molar refractivity (Wildman–Crippen MR) is 72.1 cm³/mol. The molecule has 0 spiro atoms. The van der Waals surface area contributed by atoms with Gasteiger partial charge in [-0.25, -0.2) is 0 Å². The molecule has 4 heteroatoms. The van der Waals surface area contributed by atoms with Crippen molar-refractivity contribution in [2.45, 2.75) is 32.7 Å². The zero-order valence-electron chi connectivity index (χ0n) is 10.2. The highest BCUT2D eigenvalue weighted by Crippen LogP contribution is 2.15. The molecule has 1 atom stereocenters. The molecule has 0 heterocycles. The maximum Gasteiger partial charge on any atom is 0.251 e. The van der Waals surface area contributed by atoms with E-state index in [-0.39, 0.29) is 18.6 Å². The van der Waals surface area contributed by atoms with Crippen LogP contribution in [0.2, 0.25) is 0 Å². The molecule has 1 aromatic rings. The number of nitrogens with one attached hydrogen (secondary N) is 1. The van der Waals surface area contributed by atoms with Gasteiger partial charge in [-0.1, -0.05) is 15.9 Å². The van der Waals surface area contributed by atoms with E-state index in [2.05, 4.69) is 21.2 Å². The largest absolute Gasteiger partial charge is 0.396 e. The highest BCUT2D eigenvalue weighted by atomic mass is 79.9. The average molecular weight is 300 g/mol. The molecule has 0 saturated carbocycles. The lowest BCUT2D eigenvalue weighted by molar-refractivity contribution is 0.0936. The zero-order chi connectivity index (χ0) is 12.8. The number of hydrogen-bond acceptors (Lipinski definition) is 2. The molecule has 0 aromatic heterocycles. The molecule has 0 aliphatic heterocycles. The molecule has 1 rings (SSSR count). The molecule has 1 unspecified atom stereocenters. The second-order valence-corrected chi connectivity index (χ2v) is 5.17. The summed E-state index contributed by atoms with van der Waals surface area (Å²) in [6, 6.07) is 5.71. The molecule has 0 aliphatic rings. The Labute approximate surface area is 110 Å². The van der Waals surface area contributed by atoms with Crippen LogP contribution < -0.4 is 5.32 Å². The van der Waals surface area contributed by atoms with Crippen LogP contribution in [-0.4, -0.2) is 23.7 Å². The molecular formula is C13H18BrNO2. The van der Waals surface area contributed by atoms with Gasteiger partial charge in [0.25, 0.3) is 5.91 Å². The number of aliphatic hydroxyl groups excluding tert-OH is 1. The molecule has 0 saturated heterocycles. The average Bonchev–Trinajstić information content (AvgIpc) is 2.25. The smallest absolute Gasteiger partial charge is 0.251 e. The quantitative estimate of drug-likeness (QED) is 0.878. The lowest BCUT2D eigenvalue weighted by Gasteiger charge is -2.13. The van der Waals surface area contributed by atoms with Gasteiger partial charge in [0, 0.05) is 22.7 Å². The van der Waals surface area contributed by atoms with Crippen molar-refractivity contribution in [3.8, 4) is 0 Å². The molecule has 1 amide bonds. The van der Waals surface area contributed by atoms with Gasteiger partial charge in [0.05, 0.1) is 0 Å². The maximum absolute atomic E-state index is 11.9. The van der Waals surface area contributed by atoms with E-state index in [0.29, 0.717) is 12.0 Å². The first-order chi connectivity index (χ1) is 8.02. The molecule has 0 aliphatic carbocycles. The second kappa shape index (κ2) is 6.77. The lowest BCUT2D eigenvalue weighted by Crippen LogP contribution is -2.32. The first-order valence-corrected chi connectivity index (χ1v) is 6.51. The number of benzene rings is 1. The van der Waals surface area contributed by atoms with Crippen LogP contribution in [0.15, 0.2) is 22.7 Å². The van der Waals surface area contributed by atoms with E-state index < -0.39 is 0 Å². The van der Waals surface area contributed by atoms with E-state index in [1.54, 1.807) is 6.07 Å². The fraction of sp³-hybridized carbons (Fsp3) is 0.462. The summed E-state index contributed by atoms with van der Waals surface area (Å²) >= 11 is 3.38. The summed E-state index contributed by atoms with van der Waals surface area (Å²) in [7, 11) is 0. The first kappa shape index (κ1) is 14.2. The minimum atomic E-state index is -0.0696. The second-order valence-electron chi connectivity index (χ2n) is 4.26. The van der Waals surface area contributed by atoms with E-state index in [1.807, 2.05) is 26.0 Å². The molecular weight excluding hydrogens is 282 g/mol. The molecule has 94 valence electrons. The number of carbonyl (C=O) groups excluding carboxylic acids is 1. The van der Waals surface area contributed by atoms with Crippen molar-refractivity contribution in [1.29, 1.82) is 0 Å². The van der Waals surface area contributed by atoms with Gasteiger partial charge in [0.1, 0.15) is 0 Å². The lowest BCUT2D eigenvalue weighted by atomic mass is 10.1. The molecule has 1 aromatic carbocycles. The molecule has 0 fully saturated rings. The van der Waals surface area contributed by atoms with Gasteiger partial charge in [0.15, 0.2) is 0 Å².